The smallest absolute Gasteiger partial charge is 0.320 e. The number of aliphatic carboxylic acids is 1. The van der Waals surface area contributed by atoms with E-state index < -0.39 is 24.5 Å². The normalized spacial score (nSPS) is 16.1. The summed E-state index contributed by atoms with van der Waals surface area (Å²) < 4.78 is 12.4. The first-order valence-electron chi connectivity index (χ1n) is 3.43. The van der Waals surface area contributed by atoms with Gasteiger partial charge in [0, 0.05) is 0 Å². The molecular formula is C6H12FNO4. The fourth-order valence-electron chi connectivity index (χ4n) is 0.611. The number of hydrogen-bond acceptors (Lipinski definition) is 4. The van der Waals surface area contributed by atoms with Crippen molar-refractivity contribution >= 4 is 5.97 Å². The molecule has 5 nitrogen and oxygen atoms in total. The number of rotatable bonds is 5. The van der Waals surface area contributed by atoms with Gasteiger partial charge in [-0.15, -0.1) is 0 Å². The Morgan fingerprint density at radius 1 is 1.42 bits per heavy atom. The van der Waals surface area contributed by atoms with E-state index in [0.29, 0.717) is 0 Å². The van der Waals surface area contributed by atoms with Crippen LogP contribution in [0, 0.1) is 0 Å². The molecule has 0 aliphatic heterocycles. The first kappa shape index (κ1) is 11.3. The van der Waals surface area contributed by atoms with Gasteiger partial charge in [-0.3, -0.25) is 4.79 Å². The average Bonchev–Trinajstić information content (AvgIpc) is 1.98. The maximum absolute atomic E-state index is 12.4. The molecule has 1 unspecified atom stereocenters. The van der Waals surface area contributed by atoms with Gasteiger partial charge in [-0.25, -0.2) is 4.39 Å². The molecular weight excluding hydrogens is 168 g/mol. The van der Waals surface area contributed by atoms with Gasteiger partial charge < -0.3 is 21.1 Å². The number of hydrogen-bond donors (Lipinski definition) is 4. The Kier molecular flexibility index (Phi) is 4.72. The second-order valence-electron chi connectivity index (χ2n) is 2.45. The van der Waals surface area contributed by atoms with E-state index in [4.69, 9.17) is 21.1 Å². The average molecular weight is 180 g/mol. The minimum absolute atomic E-state index is 0.117. The second kappa shape index (κ2) is 5.02. The van der Waals surface area contributed by atoms with E-state index >= 15 is 0 Å². The quantitative estimate of drug-likeness (QED) is 0.399. The molecule has 0 amide bonds. The summed E-state index contributed by atoms with van der Waals surface area (Å²) in [4.78, 5) is 10.1. The van der Waals surface area contributed by atoms with Gasteiger partial charge in [0.1, 0.15) is 6.04 Å². The van der Waals surface area contributed by atoms with Crippen molar-refractivity contribution in [3.63, 3.8) is 0 Å². The zero-order valence-electron chi connectivity index (χ0n) is 6.35. The Morgan fingerprint density at radius 3 is 2.25 bits per heavy atom. The molecule has 72 valence electrons. The molecule has 0 heterocycles. The van der Waals surface area contributed by atoms with Gasteiger partial charge in [0.2, 0.25) is 0 Å². The highest BCUT2D eigenvalue weighted by Gasteiger charge is 2.19. The highest BCUT2D eigenvalue weighted by molar-refractivity contribution is 5.72. The third-order valence-corrected chi connectivity index (χ3v) is 1.39. The van der Waals surface area contributed by atoms with Crippen LogP contribution in [-0.4, -0.2) is 39.8 Å². The Labute approximate surface area is 68.6 Å². The van der Waals surface area contributed by atoms with Crippen molar-refractivity contribution in [1.82, 2.24) is 0 Å². The van der Waals surface area contributed by atoms with Crippen LogP contribution in [0.4, 0.5) is 4.39 Å². The molecule has 0 spiro atoms. The van der Waals surface area contributed by atoms with Crippen molar-refractivity contribution < 1.29 is 24.5 Å². The fraction of sp³-hybridized carbons (Fsp3) is 0.833. The van der Waals surface area contributed by atoms with Gasteiger partial charge in [-0.2, -0.15) is 0 Å². The van der Waals surface area contributed by atoms with Crippen LogP contribution in [0.2, 0.25) is 0 Å². The summed E-state index contributed by atoms with van der Waals surface area (Å²) in [6, 6.07) is -1.15. The molecule has 0 saturated carbocycles. The van der Waals surface area contributed by atoms with Gasteiger partial charge in [0.25, 0.3) is 0 Å². The highest BCUT2D eigenvalue weighted by atomic mass is 18.2. The molecule has 0 saturated heterocycles. The molecule has 0 aromatic heterocycles. The largest absolute Gasteiger partial charge is 0.480 e. The van der Waals surface area contributed by atoms with E-state index in [2.05, 4.69) is 0 Å². The molecule has 0 rings (SSSR count). The van der Waals surface area contributed by atoms with Crippen LogP contribution in [-0.2, 0) is 4.79 Å². The Morgan fingerprint density at radius 2 is 1.92 bits per heavy atom. The molecule has 0 radical (unpaired) electrons. The third-order valence-electron chi connectivity index (χ3n) is 1.39. The molecule has 6 heteroatoms. The SMILES string of the molecule is N[C@@H](CCC([18F])C(O)O)C(=O)O. The van der Waals surface area contributed by atoms with E-state index in [-0.39, 0.29) is 12.8 Å². The highest BCUT2D eigenvalue weighted by Crippen LogP contribution is 2.06. The minimum Gasteiger partial charge on any atom is -0.480 e. The monoisotopic (exact) mass is 180 g/mol. The van der Waals surface area contributed by atoms with Gasteiger partial charge >= 0.3 is 5.97 Å². The number of nitrogens with two attached hydrogens (primary N) is 1. The molecule has 0 aromatic rings. The van der Waals surface area contributed by atoms with Crippen molar-refractivity contribution in [2.24, 2.45) is 5.73 Å². The number of aliphatic hydroxyl groups is 2. The van der Waals surface area contributed by atoms with E-state index in [0.717, 1.165) is 0 Å². The van der Waals surface area contributed by atoms with Crippen molar-refractivity contribution in [3.05, 3.63) is 0 Å². The third kappa shape index (κ3) is 4.22. The number of halogens is 1. The Balaban J connectivity index is 3.61. The molecule has 0 aliphatic rings. The lowest BCUT2D eigenvalue weighted by molar-refractivity contribution is -0.139. The first-order chi connectivity index (χ1) is 5.45. The minimum atomic E-state index is -2.06. The van der Waals surface area contributed by atoms with Crippen LogP contribution in [0.15, 0.2) is 0 Å². The Bertz CT molecular complexity index is 152. The zero-order valence-corrected chi connectivity index (χ0v) is 6.35. The molecule has 0 bridgehead atoms. The van der Waals surface area contributed by atoms with Crippen molar-refractivity contribution in [2.75, 3.05) is 0 Å². The molecule has 2 atom stereocenters. The number of alkyl halides is 1. The number of carboxylic acid groups (broad SMARTS) is 1. The van der Waals surface area contributed by atoms with Crippen LogP contribution < -0.4 is 5.73 Å². The lowest BCUT2D eigenvalue weighted by atomic mass is 10.1. The second-order valence-corrected chi connectivity index (χ2v) is 2.45. The van der Waals surface area contributed by atoms with Gasteiger partial charge in [-0.05, 0) is 12.8 Å². The molecule has 5 N–H and O–H groups in total. The van der Waals surface area contributed by atoms with Crippen LogP contribution in [0.5, 0.6) is 0 Å². The molecule has 0 aromatic carbocycles. The van der Waals surface area contributed by atoms with E-state index in [9.17, 15) is 9.18 Å². The summed E-state index contributed by atoms with van der Waals surface area (Å²) >= 11 is 0. The van der Waals surface area contributed by atoms with E-state index in [1.165, 1.54) is 0 Å². The first-order valence-corrected chi connectivity index (χ1v) is 3.43. The van der Waals surface area contributed by atoms with Crippen molar-refractivity contribution in [1.29, 1.82) is 0 Å². The lowest BCUT2D eigenvalue weighted by Crippen LogP contribution is -2.32. The van der Waals surface area contributed by atoms with Crippen LogP contribution >= 0.6 is 0 Å². The zero-order chi connectivity index (χ0) is 9.72. The van der Waals surface area contributed by atoms with Crippen molar-refractivity contribution in [2.45, 2.75) is 31.3 Å². The summed E-state index contributed by atoms with van der Waals surface area (Å²) in [6.07, 6.45) is -4.29. The number of carboxylic acids is 1. The van der Waals surface area contributed by atoms with Gasteiger partial charge in [0.15, 0.2) is 12.5 Å². The van der Waals surface area contributed by atoms with Gasteiger partial charge in [-0.1, -0.05) is 0 Å². The summed E-state index contributed by atoms with van der Waals surface area (Å²) in [7, 11) is 0. The maximum atomic E-state index is 12.4. The summed E-state index contributed by atoms with van der Waals surface area (Å²) in [5, 5.41) is 24.8. The predicted octanol–water partition coefficient (Wildman–Crippen LogP) is -1.17. The molecule has 12 heavy (non-hydrogen) atoms. The summed E-state index contributed by atoms with van der Waals surface area (Å²) in [6.45, 7) is 0. The standard InChI is InChI=1S/C6H12FNO4/c7-3(5(9)10)1-2-4(8)6(11)12/h3-5,9-10H,1-2,8H2,(H,11,12)/t3?,4-/m0/s1/i7-1. The maximum Gasteiger partial charge on any atom is 0.320 e. The number of carbonyl (C=O) groups is 1. The van der Waals surface area contributed by atoms with Crippen LogP contribution in [0.3, 0.4) is 0 Å². The topological polar surface area (TPSA) is 104 Å². The lowest BCUT2D eigenvalue weighted by Gasteiger charge is -2.11. The summed E-state index contributed by atoms with van der Waals surface area (Å²) in [5.74, 6) is -1.23. The van der Waals surface area contributed by atoms with Crippen molar-refractivity contribution in [3.8, 4) is 0 Å². The molecule has 0 aliphatic carbocycles. The van der Waals surface area contributed by atoms with E-state index in [1.54, 1.807) is 0 Å². The van der Waals surface area contributed by atoms with E-state index in [1.807, 2.05) is 0 Å². The molecule has 0 fully saturated rings. The Hall–Kier alpha value is -0.720. The summed E-state index contributed by atoms with van der Waals surface area (Å²) in [5.41, 5.74) is 5.04. The number of aliphatic hydroxyl groups excluding tert-OH is 1. The van der Waals surface area contributed by atoms with Crippen LogP contribution in [0.1, 0.15) is 12.8 Å². The van der Waals surface area contributed by atoms with Gasteiger partial charge in [0.05, 0.1) is 0 Å². The fourth-order valence-corrected chi connectivity index (χ4v) is 0.611. The predicted molar refractivity (Wildman–Crippen MR) is 38.0 cm³/mol. The van der Waals surface area contributed by atoms with Crippen LogP contribution in [0.25, 0.3) is 0 Å².